The van der Waals surface area contributed by atoms with E-state index in [1.165, 1.54) is 6.07 Å². The Kier molecular flexibility index (Phi) is 5.81. The van der Waals surface area contributed by atoms with Gasteiger partial charge >= 0.3 is 0 Å². The lowest BCUT2D eigenvalue weighted by molar-refractivity contribution is 0.102. The van der Waals surface area contributed by atoms with E-state index in [-0.39, 0.29) is 11.7 Å². The fourth-order valence-electron chi connectivity index (χ4n) is 2.68. The maximum absolute atomic E-state index is 13.6. The molecule has 3 aromatic rings. The van der Waals surface area contributed by atoms with E-state index in [0.717, 1.165) is 11.1 Å². The van der Waals surface area contributed by atoms with E-state index in [1.807, 2.05) is 38.1 Å². The number of hydrogen-bond acceptors (Lipinski definition) is 3. The van der Waals surface area contributed by atoms with Crippen LogP contribution in [0.4, 0.5) is 15.9 Å². The monoisotopic (exact) mass is 363 g/mol. The molecule has 0 aliphatic rings. The molecule has 2 N–H and O–H groups in total. The predicted octanol–water partition coefficient (Wildman–Crippen LogP) is 4.74. The van der Waals surface area contributed by atoms with Crippen LogP contribution in [0, 0.1) is 19.7 Å². The first-order valence-corrected chi connectivity index (χ1v) is 8.85. The normalized spacial score (nSPS) is 10.5. The van der Waals surface area contributed by atoms with Gasteiger partial charge in [-0.1, -0.05) is 24.3 Å². The minimum Gasteiger partial charge on any atom is -0.370 e. The van der Waals surface area contributed by atoms with Crippen molar-refractivity contribution in [1.29, 1.82) is 0 Å². The zero-order chi connectivity index (χ0) is 19.2. The number of halogens is 1. The molecule has 0 bridgehead atoms. The van der Waals surface area contributed by atoms with Gasteiger partial charge in [0.05, 0.1) is 11.9 Å². The summed E-state index contributed by atoms with van der Waals surface area (Å²) < 4.78 is 13.6. The van der Waals surface area contributed by atoms with Crippen LogP contribution >= 0.6 is 0 Å². The van der Waals surface area contributed by atoms with E-state index >= 15 is 0 Å². The predicted molar refractivity (Wildman–Crippen MR) is 107 cm³/mol. The van der Waals surface area contributed by atoms with Crippen molar-refractivity contribution in [2.75, 3.05) is 17.2 Å². The van der Waals surface area contributed by atoms with Crippen LogP contribution in [0.5, 0.6) is 0 Å². The molecule has 0 unspecified atom stereocenters. The third-order valence-corrected chi connectivity index (χ3v) is 4.45. The molecule has 0 aliphatic carbocycles. The van der Waals surface area contributed by atoms with E-state index in [0.29, 0.717) is 35.6 Å². The number of hydrogen-bond donors (Lipinski definition) is 2. The van der Waals surface area contributed by atoms with Crippen LogP contribution in [-0.2, 0) is 6.42 Å². The number of nitrogens with one attached hydrogen (secondary N) is 2. The van der Waals surface area contributed by atoms with E-state index in [2.05, 4.69) is 15.6 Å². The molecule has 0 saturated carbocycles. The number of anilines is 2. The van der Waals surface area contributed by atoms with Crippen molar-refractivity contribution in [3.63, 3.8) is 0 Å². The number of benzene rings is 2. The molecule has 0 spiro atoms. The van der Waals surface area contributed by atoms with Crippen molar-refractivity contribution in [3.05, 3.63) is 88.9 Å². The van der Waals surface area contributed by atoms with Gasteiger partial charge in [0.2, 0.25) is 0 Å². The van der Waals surface area contributed by atoms with Crippen LogP contribution < -0.4 is 10.6 Å². The number of pyridine rings is 1. The van der Waals surface area contributed by atoms with Crippen LogP contribution in [0.15, 0.2) is 60.8 Å². The lowest BCUT2D eigenvalue weighted by atomic mass is 10.1. The molecule has 138 valence electrons. The number of aryl methyl sites for hydroxylation is 2. The minimum atomic E-state index is -0.198. The highest BCUT2D eigenvalue weighted by atomic mass is 19.1. The van der Waals surface area contributed by atoms with E-state index < -0.39 is 0 Å². The van der Waals surface area contributed by atoms with E-state index in [1.54, 1.807) is 30.5 Å². The van der Waals surface area contributed by atoms with Crippen molar-refractivity contribution in [2.24, 2.45) is 0 Å². The minimum absolute atomic E-state index is 0.167. The summed E-state index contributed by atoms with van der Waals surface area (Å²) in [5, 5.41) is 6.00. The topological polar surface area (TPSA) is 54.0 Å². The highest BCUT2D eigenvalue weighted by Gasteiger charge is 2.07. The van der Waals surface area contributed by atoms with Gasteiger partial charge in [0.15, 0.2) is 0 Å². The smallest absolute Gasteiger partial charge is 0.255 e. The van der Waals surface area contributed by atoms with Crippen molar-refractivity contribution in [2.45, 2.75) is 20.3 Å². The van der Waals surface area contributed by atoms with Crippen molar-refractivity contribution in [1.82, 2.24) is 4.98 Å². The highest BCUT2D eigenvalue weighted by Crippen LogP contribution is 2.14. The molecule has 0 radical (unpaired) electrons. The number of rotatable bonds is 6. The van der Waals surface area contributed by atoms with E-state index in [9.17, 15) is 9.18 Å². The second-order valence-electron chi connectivity index (χ2n) is 6.45. The SMILES string of the molecule is Cc1ccc(C(=O)Nc2ccc(NCCc3ccccc3F)nc2)cc1C. The van der Waals surface area contributed by atoms with Gasteiger partial charge in [-0.15, -0.1) is 0 Å². The Morgan fingerprint density at radius 3 is 2.56 bits per heavy atom. The Morgan fingerprint density at radius 2 is 1.85 bits per heavy atom. The summed E-state index contributed by atoms with van der Waals surface area (Å²) in [7, 11) is 0. The fraction of sp³-hybridized carbons (Fsp3) is 0.182. The molecule has 1 heterocycles. The molecule has 1 aromatic heterocycles. The molecule has 27 heavy (non-hydrogen) atoms. The molecule has 0 aliphatic heterocycles. The molecule has 2 aromatic carbocycles. The van der Waals surface area contributed by atoms with Gasteiger partial charge < -0.3 is 10.6 Å². The van der Waals surface area contributed by atoms with Crippen LogP contribution in [0.2, 0.25) is 0 Å². The number of carbonyl (C=O) groups is 1. The molecule has 4 nitrogen and oxygen atoms in total. The van der Waals surface area contributed by atoms with Gasteiger partial charge in [-0.2, -0.15) is 0 Å². The van der Waals surface area contributed by atoms with Gasteiger partial charge in [0.25, 0.3) is 5.91 Å². The Hall–Kier alpha value is -3.21. The summed E-state index contributed by atoms with van der Waals surface area (Å²) in [5.74, 6) is 0.312. The Labute approximate surface area is 158 Å². The van der Waals surface area contributed by atoms with Crippen molar-refractivity contribution >= 4 is 17.4 Å². The Bertz CT molecular complexity index is 939. The second kappa shape index (κ2) is 8.45. The molecular formula is C22H22FN3O. The van der Waals surface area contributed by atoms with Crippen LogP contribution in [0.25, 0.3) is 0 Å². The van der Waals surface area contributed by atoms with Gasteiger partial charge in [-0.05, 0) is 67.3 Å². The third kappa shape index (κ3) is 4.91. The lowest BCUT2D eigenvalue weighted by Crippen LogP contribution is -2.13. The third-order valence-electron chi connectivity index (χ3n) is 4.45. The summed E-state index contributed by atoms with van der Waals surface area (Å²) in [6, 6.07) is 15.9. The molecule has 5 heteroatoms. The molecule has 0 saturated heterocycles. The molecule has 1 amide bonds. The summed E-state index contributed by atoms with van der Waals surface area (Å²) in [4.78, 5) is 16.6. The molecular weight excluding hydrogens is 341 g/mol. The van der Waals surface area contributed by atoms with Crippen LogP contribution in [0.1, 0.15) is 27.0 Å². The summed E-state index contributed by atoms with van der Waals surface area (Å²) in [6.07, 6.45) is 2.17. The average molecular weight is 363 g/mol. The lowest BCUT2D eigenvalue weighted by Gasteiger charge is -2.09. The number of carbonyl (C=O) groups excluding carboxylic acids is 1. The van der Waals surface area contributed by atoms with E-state index in [4.69, 9.17) is 0 Å². The maximum atomic E-state index is 13.6. The van der Waals surface area contributed by atoms with Gasteiger partial charge in [0, 0.05) is 12.1 Å². The zero-order valence-electron chi connectivity index (χ0n) is 15.4. The average Bonchev–Trinajstić information content (AvgIpc) is 2.67. The summed E-state index contributed by atoms with van der Waals surface area (Å²) in [6.45, 7) is 4.57. The fourth-order valence-corrected chi connectivity index (χ4v) is 2.68. The first-order chi connectivity index (χ1) is 13.0. The van der Waals surface area contributed by atoms with Gasteiger partial charge in [-0.3, -0.25) is 4.79 Å². The first kappa shape index (κ1) is 18.6. The maximum Gasteiger partial charge on any atom is 0.255 e. The summed E-state index contributed by atoms with van der Waals surface area (Å²) in [5.41, 5.74) is 4.14. The zero-order valence-corrected chi connectivity index (χ0v) is 15.4. The quantitative estimate of drug-likeness (QED) is 0.665. The standard InChI is InChI=1S/C22H22FN3O/c1-15-7-8-18(13-16(15)2)22(27)26-19-9-10-21(25-14-19)24-12-11-17-5-3-4-6-20(17)23/h3-10,13-14H,11-12H2,1-2H3,(H,24,25)(H,26,27). The van der Waals surface area contributed by atoms with Gasteiger partial charge in [-0.25, -0.2) is 9.37 Å². The molecule has 0 atom stereocenters. The molecule has 0 fully saturated rings. The first-order valence-electron chi connectivity index (χ1n) is 8.85. The Morgan fingerprint density at radius 1 is 1.04 bits per heavy atom. The highest BCUT2D eigenvalue weighted by molar-refractivity contribution is 6.04. The number of nitrogens with zero attached hydrogens (tertiary/aromatic N) is 1. The largest absolute Gasteiger partial charge is 0.370 e. The molecule has 3 rings (SSSR count). The van der Waals surface area contributed by atoms with Crippen LogP contribution in [0.3, 0.4) is 0 Å². The number of amides is 1. The second-order valence-corrected chi connectivity index (χ2v) is 6.45. The number of aromatic nitrogens is 1. The van der Waals surface area contributed by atoms with Crippen LogP contribution in [-0.4, -0.2) is 17.4 Å². The Balaban J connectivity index is 1.54. The summed E-state index contributed by atoms with van der Waals surface area (Å²) >= 11 is 0. The van der Waals surface area contributed by atoms with Gasteiger partial charge in [0.1, 0.15) is 11.6 Å². The van der Waals surface area contributed by atoms with Crippen molar-refractivity contribution < 1.29 is 9.18 Å². The van der Waals surface area contributed by atoms with Crippen molar-refractivity contribution in [3.8, 4) is 0 Å².